The first-order chi connectivity index (χ1) is 19.5. The first kappa shape index (κ1) is 26.8. The van der Waals surface area contributed by atoms with Crippen LogP contribution in [-0.2, 0) is 17.6 Å². The summed E-state index contributed by atoms with van der Waals surface area (Å²) in [5, 5.41) is 6.85. The van der Waals surface area contributed by atoms with E-state index in [1.54, 1.807) is 24.0 Å². The fourth-order valence-corrected chi connectivity index (χ4v) is 7.31. The fourth-order valence-electron chi connectivity index (χ4n) is 7.31. The highest BCUT2D eigenvalue weighted by Crippen LogP contribution is 2.36. The second kappa shape index (κ2) is 11.6. The van der Waals surface area contributed by atoms with Gasteiger partial charge in [-0.2, -0.15) is 0 Å². The highest BCUT2D eigenvalue weighted by molar-refractivity contribution is 5.98. The van der Waals surface area contributed by atoms with Gasteiger partial charge in [-0.15, -0.1) is 0 Å². The van der Waals surface area contributed by atoms with Gasteiger partial charge >= 0.3 is 0 Å². The molecule has 0 radical (unpaired) electrons. The van der Waals surface area contributed by atoms with Crippen LogP contribution in [0.25, 0.3) is 0 Å². The number of hydrogen-bond donors (Lipinski definition) is 2. The smallest absolute Gasteiger partial charge is 0.257 e. The molecule has 3 atom stereocenters. The summed E-state index contributed by atoms with van der Waals surface area (Å²) < 4.78 is 15.0. The standard InChI is InChI=1S/C34H40FN3O2/c1-22-7-4-13-30(35)31(22)34(40)38-20-6-12-29(33(39)37-28-19-14-23-8-5-9-25(23)21-28)32(38)24-15-17-27(18-16-24)36-26-10-2-3-11-26/h4,7,13-15,17-19,21,24,26,29,32,36H,2-3,5-6,8-12,16,20H2,1H3,(H,37,39)/t24?,29-,32-/m0/s1. The summed E-state index contributed by atoms with van der Waals surface area (Å²) in [5.41, 5.74) is 5.36. The molecule has 0 bridgehead atoms. The molecule has 6 rings (SSSR count). The average molecular weight is 542 g/mol. The second-order valence-corrected chi connectivity index (χ2v) is 12.0. The third-order valence-corrected chi connectivity index (χ3v) is 9.38. The van der Waals surface area contributed by atoms with Gasteiger partial charge in [-0.3, -0.25) is 9.59 Å². The van der Waals surface area contributed by atoms with Crippen molar-refractivity contribution in [3.63, 3.8) is 0 Å². The molecular weight excluding hydrogens is 501 g/mol. The van der Waals surface area contributed by atoms with Crippen LogP contribution in [0.2, 0.25) is 0 Å². The predicted molar refractivity (Wildman–Crippen MR) is 157 cm³/mol. The Balaban J connectivity index is 1.27. The topological polar surface area (TPSA) is 61.4 Å². The number of hydrogen-bond acceptors (Lipinski definition) is 3. The van der Waals surface area contributed by atoms with E-state index in [9.17, 15) is 14.0 Å². The lowest BCUT2D eigenvalue weighted by Crippen LogP contribution is -2.55. The molecule has 2 fully saturated rings. The lowest BCUT2D eigenvalue weighted by atomic mass is 9.77. The number of carbonyl (C=O) groups excluding carboxylic acids is 2. The Morgan fingerprint density at radius 2 is 1.80 bits per heavy atom. The molecule has 4 aliphatic rings. The summed E-state index contributed by atoms with van der Waals surface area (Å²) in [6.45, 7) is 2.29. The molecular formula is C34H40FN3O2. The minimum absolute atomic E-state index is 0.0266. The third-order valence-electron chi connectivity index (χ3n) is 9.38. The van der Waals surface area contributed by atoms with Crippen molar-refractivity contribution in [2.45, 2.75) is 83.2 Å². The van der Waals surface area contributed by atoms with Crippen LogP contribution in [0.1, 0.15) is 78.4 Å². The molecule has 2 aromatic rings. The Bertz CT molecular complexity index is 1320. The van der Waals surface area contributed by atoms with Crippen LogP contribution < -0.4 is 10.6 Å². The van der Waals surface area contributed by atoms with E-state index >= 15 is 0 Å². The molecule has 1 unspecified atom stereocenters. The first-order valence-electron chi connectivity index (χ1n) is 15.1. The minimum Gasteiger partial charge on any atom is -0.383 e. The van der Waals surface area contributed by atoms with E-state index in [0.717, 1.165) is 37.1 Å². The highest BCUT2D eigenvalue weighted by Gasteiger charge is 2.43. The molecule has 5 nitrogen and oxygen atoms in total. The quantitative estimate of drug-likeness (QED) is 0.440. The molecule has 3 aliphatic carbocycles. The van der Waals surface area contributed by atoms with Crippen LogP contribution in [0.3, 0.4) is 0 Å². The van der Waals surface area contributed by atoms with E-state index in [1.807, 2.05) is 6.07 Å². The number of halogens is 1. The number of rotatable bonds is 6. The molecule has 2 aromatic carbocycles. The number of nitrogens with one attached hydrogen (secondary N) is 2. The average Bonchev–Trinajstić information content (AvgIpc) is 3.65. The zero-order valence-corrected chi connectivity index (χ0v) is 23.4. The molecule has 0 spiro atoms. The number of piperidine rings is 1. The molecule has 40 heavy (non-hydrogen) atoms. The molecule has 2 amide bonds. The lowest BCUT2D eigenvalue weighted by molar-refractivity contribution is -0.123. The van der Waals surface area contributed by atoms with Crippen molar-refractivity contribution >= 4 is 17.5 Å². The van der Waals surface area contributed by atoms with Crippen molar-refractivity contribution < 1.29 is 14.0 Å². The Hall–Kier alpha value is -3.41. The van der Waals surface area contributed by atoms with Gasteiger partial charge in [0.15, 0.2) is 0 Å². The SMILES string of the molecule is Cc1cccc(F)c1C(=O)N1CCC[C@H](C(=O)Nc2ccc3c(c2)CCC3)[C@@H]1C1C=CC(NC2CCCC2)=CC1. The van der Waals surface area contributed by atoms with E-state index in [4.69, 9.17) is 0 Å². The van der Waals surface area contributed by atoms with Crippen molar-refractivity contribution in [3.05, 3.63) is 88.4 Å². The Morgan fingerprint density at radius 3 is 2.58 bits per heavy atom. The molecule has 0 aromatic heterocycles. The number of amides is 2. The van der Waals surface area contributed by atoms with Crippen LogP contribution >= 0.6 is 0 Å². The molecule has 1 heterocycles. The maximum absolute atomic E-state index is 15.0. The Kier molecular flexibility index (Phi) is 7.77. The molecule has 1 saturated carbocycles. The van der Waals surface area contributed by atoms with Gasteiger partial charge in [0.05, 0.1) is 17.5 Å². The van der Waals surface area contributed by atoms with Crippen molar-refractivity contribution in [1.29, 1.82) is 0 Å². The van der Waals surface area contributed by atoms with Gasteiger partial charge in [-0.05, 0) is 99.3 Å². The Morgan fingerprint density at radius 1 is 0.975 bits per heavy atom. The minimum atomic E-state index is -0.504. The van der Waals surface area contributed by atoms with Gasteiger partial charge in [-0.1, -0.05) is 43.2 Å². The molecule has 6 heteroatoms. The summed E-state index contributed by atoms with van der Waals surface area (Å²) in [7, 11) is 0. The highest BCUT2D eigenvalue weighted by atomic mass is 19.1. The summed E-state index contributed by atoms with van der Waals surface area (Å²) >= 11 is 0. The molecule has 1 saturated heterocycles. The lowest BCUT2D eigenvalue weighted by Gasteiger charge is -2.44. The van der Waals surface area contributed by atoms with E-state index in [-0.39, 0.29) is 35.3 Å². The number of likely N-dealkylation sites (tertiary alicyclic amines) is 1. The monoisotopic (exact) mass is 541 g/mol. The van der Waals surface area contributed by atoms with E-state index in [1.165, 1.54) is 42.9 Å². The van der Waals surface area contributed by atoms with Crippen molar-refractivity contribution in [1.82, 2.24) is 10.2 Å². The van der Waals surface area contributed by atoms with Crippen LogP contribution in [-0.4, -0.2) is 35.3 Å². The third kappa shape index (κ3) is 5.45. The van der Waals surface area contributed by atoms with Crippen LogP contribution in [0, 0.1) is 24.6 Å². The number of fused-ring (bicyclic) bond motifs is 1. The van der Waals surface area contributed by atoms with E-state index < -0.39 is 5.82 Å². The van der Waals surface area contributed by atoms with Crippen molar-refractivity contribution in [3.8, 4) is 0 Å². The van der Waals surface area contributed by atoms with Gasteiger partial charge in [0.1, 0.15) is 5.82 Å². The molecule has 1 aliphatic heterocycles. The van der Waals surface area contributed by atoms with Crippen LogP contribution in [0.15, 0.2) is 60.3 Å². The summed E-state index contributed by atoms with van der Waals surface area (Å²) in [6.07, 6.45) is 16.9. The number of carbonyl (C=O) groups is 2. The predicted octanol–water partition coefficient (Wildman–Crippen LogP) is 6.47. The van der Waals surface area contributed by atoms with Crippen molar-refractivity contribution in [2.75, 3.05) is 11.9 Å². The van der Waals surface area contributed by atoms with Crippen LogP contribution in [0.5, 0.6) is 0 Å². The molecule has 2 N–H and O–H groups in total. The largest absolute Gasteiger partial charge is 0.383 e. The zero-order valence-electron chi connectivity index (χ0n) is 23.4. The first-order valence-corrected chi connectivity index (χ1v) is 15.1. The zero-order chi connectivity index (χ0) is 27.6. The summed E-state index contributed by atoms with van der Waals surface area (Å²) in [4.78, 5) is 29.6. The summed E-state index contributed by atoms with van der Waals surface area (Å²) in [5.74, 6) is -1.29. The van der Waals surface area contributed by atoms with Gasteiger partial charge in [0, 0.05) is 29.9 Å². The fraction of sp³-hybridized carbons (Fsp3) is 0.471. The molecule has 210 valence electrons. The van der Waals surface area contributed by atoms with Crippen molar-refractivity contribution in [2.24, 2.45) is 11.8 Å². The number of allylic oxidation sites excluding steroid dienone is 2. The number of nitrogens with zero attached hydrogens (tertiary/aromatic N) is 1. The second-order valence-electron chi connectivity index (χ2n) is 12.0. The maximum atomic E-state index is 15.0. The van der Waals surface area contributed by atoms with E-state index in [0.29, 0.717) is 31.0 Å². The van der Waals surface area contributed by atoms with Gasteiger partial charge < -0.3 is 15.5 Å². The summed E-state index contributed by atoms with van der Waals surface area (Å²) in [6, 6.07) is 11.2. The van der Waals surface area contributed by atoms with Gasteiger partial charge in [-0.25, -0.2) is 4.39 Å². The number of aryl methyl sites for hydroxylation is 3. The van der Waals surface area contributed by atoms with Gasteiger partial charge in [0.2, 0.25) is 5.91 Å². The van der Waals surface area contributed by atoms with E-state index in [2.05, 4.69) is 41.0 Å². The number of anilines is 1. The Labute approximate surface area is 236 Å². The van der Waals surface area contributed by atoms with Crippen LogP contribution in [0.4, 0.5) is 10.1 Å². The normalized spacial score (nSPS) is 24.5. The van der Waals surface area contributed by atoms with Gasteiger partial charge in [0.25, 0.3) is 5.91 Å². The number of benzene rings is 2. The maximum Gasteiger partial charge on any atom is 0.257 e.